The molecular weight excluding hydrogens is 180 g/mol. The van der Waals surface area contributed by atoms with Crippen LogP contribution in [0.15, 0.2) is 11.1 Å². The first kappa shape index (κ1) is 13.2. The minimum atomic E-state index is -0.236. The van der Waals surface area contributed by atoms with Gasteiger partial charge in [0.25, 0.3) is 0 Å². The van der Waals surface area contributed by atoms with Crippen LogP contribution in [0.4, 0.5) is 0 Å². The van der Waals surface area contributed by atoms with Crippen molar-refractivity contribution in [3.63, 3.8) is 0 Å². The summed E-state index contributed by atoms with van der Waals surface area (Å²) in [6.07, 6.45) is 2.21. The van der Waals surface area contributed by atoms with E-state index in [-0.39, 0.29) is 12.6 Å². The van der Waals surface area contributed by atoms with Gasteiger partial charge in [0.2, 0.25) is 0 Å². The topological polar surface area (TPSA) is 46.5 Å². The number of carbonyl (C=O) groups excluding carboxylic acids is 1. The van der Waals surface area contributed by atoms with E-state index in [0.717, 1.165) is 24.0 Å². The number of rotatable bonds is 6. The van der Waals surface area contributed by atoms with E-state index in [1.165, 1.54) is 0 Å². The summed E-state index contributed by atoms with van der Waals surface area (Å²) < 4.78 is 5.00. The lowest BCUT2D eigenvalue weighted by molar-refractivity contribution is -0.139. The molecule has 3 heteroatoms. The Morgan fingerprint density at radius 2 is 2.00 bits per heavy atom. The summed E-state index contributed by atoms with van der Waals surface area (Å²) in [6, 6.07) is 0. The zero-order valence-corrected chi connectivity index (χ0v) is 9.30. The van der Waals surface area contributed by atoms with Gasteiger partial charge in [-0.05, 0) is 20.3 Å². The van der Waals surface area contributed by atoms with E-state index in [4.69, 9.17) is 9.84 Å². The second-order valence-electron chi connectivity index (χ2n) is 3.44. The van der Waals surface area contributed by atoms with Gasteiger partial charge in [0.1, 0.15) is 0 Å². The van der Waals surface area contributed by atoms with E-state index in [1.807, 2.05) is 20.8 Å². The minimum Gasteiger partial charge on any atom is -0.462 e. The Balaban J connectivity index is 4.11. The predicted octanol–water partition coefficient (Wildman–Crippen LogP) is 2.05. The molecule has 0 aromatic heterocycles. The Kier molecular flexibility index (Phi) is 7.11. The molecule has 0 rings (SSSR count). The molecule has 0 spiro atoms. The Morgan fingerprint density at radius 3 is 2.43 bits per heavy atom. The van der Waals surface area contributed by atoms with Crippen molar-refractivity contribution >= 4 is 5.97 Å². The van der Waals surface area contributed by atoms with Gasteiger partial charge in [0.05, 0.1) is 6.61 Å². The molecule has 0 aliphatic heterocycles. The average Bonchev–Trinajstić information content (AvgIpc) is 2.13. The second-order valence-corrected chi connectivity index (χ2v) is 3.44. The van der Waals surface area contributed by atoms with Crippen molar-refractivity contribution in [1.29, 1.82) is 0 Å². The third kappa shape index (κ3) is 5.02. The molecule has 0 aliphatic rings. The van der Waals surface area contributed by atoms with E-state index >= 15 is 0 Å². The van der Waals surface area contributed by atoms with Gasteiger partial charge < -0.3 is 9.84 Å². The van der Waals surface area contributed by atoms with Gasteiger partial charge in [-0.1, -0.05) is 18.9 Å². The maximum absolute atomic E-state index is 11.5. The SMILES string of the molecule is CCCC(C(=O)OCCCO)=C(C)C. The third-order valence-electron chi connectivity index (χ3n) is 1.89. The summed E-state index contributed by atoms with van der Waals surface area (Å²) in [6.45, 7) is 6.22. The molecule has 0 saturated carbocycles. The number of hydrogen-bond donors (Lipinski definition) is 1. The largest absolute Gasteiger partial charge is 0.462 e. The van der Waals surface area contributed by atoms with Crippen LogP contribution in [0.25, 0.3) is 0 Å². The lowest BCUT2D eigenvalue weighted by Crippen LogP contribution is -2.11. The lowest BCUT2D eigenvalue weighted by Gasteiger charge is -2.08. The van der Waals surface area contributed by atoms with E-state index in [0.29, 0.717) is 13.0 Å². The van der Waals surface area contributed by atoms with E-state index in [9.17, 15) is 4.79 Å². The second kappa shape index (κ2) is 7.56. The summed E-state index contributed by atoms with van der Waals surface area (Å²) in [5.74, 6) is -0.236. The van der Waals surface area contributed by atoms with Crippen LogP contribution in [-0.4, -0.2) is 24.3 Å². The van der Waals surface area contributed by atoms with Crippen LogP contribution in [0.2, 0.25) is 0 Å². The van der Waals surface area contributed by atoms with Gasteiger partial charge in [0, 0.05) is 18.6 Å². The summed E-state index contributed by atoms with van der Waals surface area (Å²) in [7, 11) is 0. The van der Waals surface area contributed by atoms with Crippen molar-refractivity contribution < 1.29 is 14.6 Å². The van der Waals surface area contributed by atoms with Gasteiger partial charge >= 0.3 is 5.97 Å². The number of aliphatic hydroxyl groups is 1. The molecule has 0 fully saturated rings. The lowest BCUT2D eigenvalue weighted by atomic mass is 10.1. The first-order chi connectivity index (χ1) is 6.63. The van der Waals surface area contributed by atoms with Gasteiger partial charge in [-0.25, -0.2) is 4.79 Å². The first-order valence-electron chi connectivity index (χ1n) is 5.07. The van der Waals surface area contributed by atoms with Gasteiger partial charge in [0.15, 0.2) is 0 Å². The van der Waals surface area contributed by atoms with Gasteiger partial charge in [-0.15, -0.1) is 0 Å². The monoisotopic (exact) mass is 200 g/mol. The molecule has 3 nitrogen and oxygen atoms in total. The van der Waals surface area contributed by atoms with Crippen molar-refractivity contribution in [3.8, 4) is 0 Å². The van der Waals surface area contributed by atoms with Gasteiger partial charge in [-0.3, -0.25) is 0 Å². The number of carbonyl (C=O) groups is 1. The molecule has 0 bridgehead atoms. The molecule has 0 unspecified atom stereocenters. The highest BCUT2D eigenvalue weighted by molar-refractivity contribution is 5.89. The fraction of sp³-hybridized carbons (Fsp3) is 0.727. The third-order valence-corrected chi connectivity index (χ3v) is 1.89. The standard InChI is InChI=1S/C11H20O3/c1-4-6-10(9(2)3)11(13)14-8-5-7-12/h12H,4-8H2,1-3H3. The number of esters is 1. The van der Waals surface area contributed by atoms with Crippen molar-refractivity contribution in [2.75, 3.05) is 13.2 Å². The Bertz CT molecular complexity index is 203. The van der Waals surface area contributed by atoms with Crippen LogP contribution >= 0.6 is 0 Å². The number of ether oxygens (including phenoxy) is 1. The van der Waals surface area contributed by atoms with Crippen LogP contribution in [-0.2, 0) is 9.53 Å². The van der Waals surface area contributed by atoms with E-state index in [2.05, 4.69) is 0 Å². The molecule has 0 atom stereocenters. The fourth-order valence-electron chi connectivity index (χ4n) is 1.12. The molecule has 0 aromatic rings. The number of hydrogen-bond acceptors (Lipinski definition) is 3. The summed E-state index contributed by atoms with van der Waals surface area (Å²) in [5, 5.41) is 8.53. The molecule has 1 N–H and O–H groups in total. The molecule has 14 heavy (non-hydrogen) atoms. The molecular formula is C11H20O3. The molecule has 0 radical (unpaired) electrons. The molecule has 0 aromatic carbocycles. The smallest absolute Gasteiger partial charge is 0.333 e. The highest BCUT2D eigenvalue weighted by Gasteiger charge is 2.10. The maximum atomic E-state index is 11.5. The zero-order valence-electron chi connectivity index (χ0n) is 9.30. The fourth-order valence-corrected chi connectivity index (χ4v) is 1.12. The van der Waals surface area contributed by atoms with Crippen molar-refractivity contribution in [2.24, 2.45) is 0 Å². The average molecular weight is 200 g/mol. The molecule has 0 saturated heterocycles. The molecule has 0 aliphatic carbocycles. The van der Waals surface area contributed by atoms with E-state index < -0.39 is 0 Å². The molecule has 0 heterocycles. The minimum absolute atomic E-state index is 0.0607. The van der Waals surface area contributed by atoms with Crippen LogP contribution in [0.1, 0.15) is 40.0 Å². The van der Waals surface area contributed by atoms with E-state index in [1.54, 1.807) is 0 Å². The number of allylic oxidation sites excluding steroid dienone is 1. The summed E-state index contributed by atoms with van der Waals surface area (Å²) in [5.41, 5.74) is 1.78. The summed E-state index contributed by atoms with van der Waals surface area (Å²) >= 11 is 0. The maximum Gasteiger partial charge on any atom is 0.333 e. The Hall–Kier alpha value is -0.830. The Labute approximate surface area is 85.8 Å². The van der Waals surface area contributed by atoms with Crippen molar-refractivity contribution in [3.05, 3.63) is 11.1 Å². The number of aliphatic hydroxyl groups excluding tert-OH is 1. The quantitative estimate of drug-likeness (QED) is 0.405. The molecule has 82 valence electrons. The van der Waals surface area contributed by atoms with Crippen molar-refractivity contribution in [1.82, 2.24) is 0 Å². The Morgan fingerprint density at radius 1 is 1.36 bits per heavy atom. The van der Waals surface area contributed by atoms with Gasteiger partial charge in [-0.2, -0.15) is 0 Å². The van der Waals surface area contributed by atoms with Crippen LogP contribution in [0.5, 0.6) is 0 Å². The highest BCUT2D eigenvalue weighted by atomic mass is 16.5. The molecule has 0 amide bonds. The first-order valence-corrected chi connectivity index (χ1v) is 5.07. The normalized spacial score (nSPS) is 9.71. The summed E-state index contributed by atoms with van der Waals surface area (Å²) in [4.78, 5) is 11.5. The van der Waals surface area contributed by atoms with Crippen LogP contribution in [0, 0.1) is 0 Å². The zero-order chi connectivity index (χ0) is 11.0. The highest BCUT2D eigenvalue weighted by Crippen LogP contribution is 2.12. The predicted molar refractivity (Wildman–Crippen MR) is 55.9 cm³/mol. The van der Waals surface area contributed by atoms with Crippen LogP contribution in [0.3, 0.4) is 0 Å². The van der Waals surface area contributed by atoms with Crippen molar-refractivity contribution in [2.45, 2.75) is 40.0 Å². The van der Waals surface area contributed by atoms with Crippen LogP contribution < -0.4 is 0 Å².